The first-order valence-electron chi connectivity index (χ1n) is 3.56. The minimum absolute atomic E-state index is 0.394. The van der Waals surface area contributed by atoms with Crippen LogP contribution in [0.5, 0.6) is 0 Å². The van der Waals surface area contributed by atoms with Gasteiger partial charge in [-0.05, 0) is 19.3 Å². The van der Waals surface area contributed by atoms with Crippen LogP contribution in [0.2, 0.25) is 0 Å². The zero-order valence-electron chi connectivity index (χ0n) is 6.27. The van der Waals surface area contributed by atoms with Crippen LogP contribution in [0.4, 0.5) is 0 Å². The summed E-state index contributed by atoms with van der Waals surface area (Å²) in [6.45, 7) is 3.95. The summed E-state index contributed by atoms with van der Waals surface area (Å²) >= 11 is 3.57. The van der Waals surface area contributed by atoms with E-state index in [4.69, 9.17) is 4.74 Å². The second kappa shape index (κ2) is 3.54. The number of methoxy groups -OCH3 is 1. The van der Waals surface area contributed by atoms with Crippen LogP contribution in [0.1, 0.15) is 19.3 Å². The summed E-state index contributed by atoms with van der Waals surface area (Å²) < 4.78 is 5.24. The number of halogens is 1. The number of ether oxygens (including phenoxy) is 1. The van der Waals surface area contributed by atoms with Crippen molar-refractivity contribution in [2.45, 2.75) is 30.2 Å². The minimum Gasteiger partial charge on any atom is -0.381 e. The summed E-state index contributed by atoms with van der Waals surface area (Å²) in [7, 11) is 1.77. The fraction of sp³-hybridized carbons (Fsp3) is 0.750. The lowest BCUT2D eigenvalue weighted by Gasteiger charge is -2.25. The van der Waals surface area contributed by atoms with Crippen molar-refractivity contribution in [3.63, 3.8) is 0 Å². The third kappa shape index (κ3) is 2.10. The Morgan fingerprint density at radius 3 is 2.80 bits per heavy atom. The van der Waals surface area contributed by atoms with Crippen LogP contribution in [0.15, 0.2) is 12.2 Å². The zero-order chi connectivity index (χ0) is 7.56. The van der Waals surface area contributed by atoms with Crippen molar-refractivity contribution >= 4 is 15.9 Å². The topological polar surface area (TPSA) is 9.23 Å². The fourth-order valence-corrected chi connectivity index (χ4v) is 2.22. The molecule has 2 atom stereocenters. The van der Waals surface area contributed by atoms with E-state index in [0.29, 0.717) is 10.9 Å². The van der Waals surface area contributed by atoms with Crippen molar-refractivity contribution in [3.05, 3.63) is 12.2 Å². The van der Waals surface area contributed by atoms with Crippen molar-refractivity contribution < 1.29 is 4.74 Å². The second-order valence-corrected chi connectivity index (χ2v) is 4.14. The lowest BCUT2D eigenvalue weighted by atomic mass is 9.94. The van der Waals surface area contributed by atoms with Crippen LogP contribution in [-0.4, -0.2) is 18.0 Å². The van der Waals surface area contributed by atoms with E-state index in [0.717, 1.165) is 19.3 Å². The number of rotatable bonds is 1. The maximum atomic E-state index is 5.24. The molecule has 2 unspecified atom stereocenters. The molecule has 1 fully saturated rings. The summed E-state index contributed by atoms with van der Waals surface area (Å²) in [4.78, 5) is 0.582. The molecule has 0 N–H and O–H groups in total. The average molecular weight is 205 g/mol. The van der Waals surface area contributed by atoms with Crippen LogP contribution < -0.4 is 0 Å². The highest BCUT2D eigenvalue weighted by Gasteiger charge is 2.21. The van der Waals surface area contributed by atoms with Gasteiger partial charge in [0, 0.05) is 11.9 Å². The molecule has 58 valence electrons. The van der Waals surface area contributed by atoms with Crippen LogP contribution in [0, 0.1) is 0 Å². The van der Waals surface area contributed by atoms with Crippen LogP contribution in [0.25, 0.3) is 0 Å². The highest BCUT2D eigenvalue weighted by atomic mass is 79.9. The van der Waals surface area contributed by atoms with Gasteiger partial charge in [0.2, 0.25) is 0 Å². The predicted molar refractivity (Wildman–Crippen MR) is 46.5 cm³/mol. The molecule has 0 aliphatic heterocycles. The van der Waals surface area contributed by atoms with E-state index in [-0.39, 0.29) is 0 Å². The maximum absolute atomic E-state index is 5.24. The molecule has 0 aromatic carbocycles. The molecular weight excluding hydrogens is 192 g/mol. The molecule has 0 heterocycles. The molecule has 1 aliphatic rings. The van der Waals surface area contributed by atoms with Crippen LogP contribution in [-0.2, 0) is 4.74 Å². The molecule has 0 amide bonds. The smallest absolute Gasteiger partial charge is 0.0619 e. The van der Waals surface area contributed by atoms with Gasteiger partial charge in [-0.25, -0.2) is 0 Å². The number of hydrogen-bond donors (Lipinski definition) is 0. The largest absolute Gasteiger partial charge is 0.381 e. The standard InChI is InChI=1S/C8H13BrO/c1-6-3-7(9)5-8(4-6)10-2/h7-8H,1,3-5H2,2H3. The van der Waals surface area contributed by atoms with Gasteiger partial charge in [0.1, 0.15) is 0 Å². The number of alkyl halides is 1. The van der Waals surface area contributed by atoms with Crippen molar-refractivity contribution in [2.24, 2.45) is 0 Å². The molecule has 0 spiro atoms. The summed E-state index contributed by atoms with van der Waals surface area (Å²) in [6, 6.07) is 0. The van der Waals surface area contributed by atoms with Gasteiger partial charge in [0.05, 0.1) is 6.10 Å². The summed E-state index contributed by atoms with van der Waals surface area (Å²) in [5.41, 5.74) is 1.31. The summed E-state index contributed by atoms with van der Waals surface area (Å²) in [6.07, 6.45) is 3.67. The number of hydrogen-bond acceptors (Lipinski definition) is 1. The minimum atomic E-state index is 0.394. The van der Waals surface area contributed by atoms with Gasteiger partial charge >= 0.3 is 0 Å². The predicted octanol–water partition coefficient (Wildman–Crippen LogP) is 2.51. The van der Waals surface area contributed by atoms with Crippen molar-refractivity contribution in [1.29, 1.82) is 0 Å². The van der Waals surface area contributed by atoms with Gasteiger partial charge in [-0.2, -0.15) is 0 Å². The Bertz CT molecular complexity index is 133. The monoisotopic (exact) mass is 204 g/mol. The van der Waals surface area contributed by atoms with Gasteiger partial charge in [-0.15, -0.1) is 0 Å². The van der Waals surface area contributed by atoms with E-state index >= 15 is 0 Å². The summed E-state index contributed by atoms with van der Waals surface area (Å²) in [5, 5.41) is 0. The van der Waals surface area contributed by atoms with E-state index < -0.39 is 0 Å². The van der Waals surface area contributed by atoms with Gasteiger partial charge < -0.3 is 4.74 Å². The maximum Gasteiger partial charge on any atom is 0.0619 e. The van der Waals surface area contributed by atoms with Crippen molar-refractivity contribution in [1.82, 2.24) is 0 Å². The average Bonchev–Trinajstić information content (AvgIpc) is 1.85. The molecule has 0 aromatic heterocycles. The van der Waals surface area contributed by atoms with Gasteiger partial charge in [0.25, 0.3) is 0 Å². The molecular formula is C8H13BrO. The Hall–Kier alpha value is 0.180. The third-order valence-electron chi connectivity index (χ3n) is 1.88. The SMILES string of the molecule is C=C1CC(Br)CC(OC)C1. The Kier molecular flexibility index (Phi) is 2.93. The highest BCUT2D eigenvalue weighted by Crippen LogP contribution is 2.28. The quantitative estimate of drug-likeness (QED) is 0.472. The van der Waals surface area contributed by atoms with E-state index in [1.54, 1.807) is 7.11 Å². The fourth-order valence-electron chi connectivity index (χ4n) is 1.35. The molecule has 1 nitrogen and oxygen atoms in total. The van der Waals surface area contributed by atoms with Crippen LogP contribution >= 0.6 is 15.9 Å². The molecule has 0 bridgehead atoms. The second-order valence-electron chi connectivity index (χ2n) is 2.85. The van der Waals surface area contributed by atoms with Crippen molar-refractivity contribution in [2.75, 3.05) is 7.11 Å². The zero-order valence-corrected chi connectivity index (χ0v) is 7.86. The van der Waals surface area contributed by atoms with E-state index in [1.165, 1.54) is 5.57 Å². The molecule has 1 saturated carbocycles. The molecule has 0 radical (unpaired) electrons. The van der Waals surface area contributed by atoms with Gasteiger partial charge in [0.15, 0.2) is 0 Å². The molecule has 0 saturated heterocycles. The summed E-state index contributed by atoms with van der Waals surface area (Å²) in [5.74, 6) is 0. The molecule has 10 heavy (non-hydrogen) atoms. The van der Waals surface area contributed by atoms with E-state index in [9.17, 15) is 0 Å². The first-order chi connectivity index (χ1) is 4.72. The Morgan fingerprint density at radius 1 is 1.60 bits per heavy atom. The molecule has 1 aliphatic carbocycles. The van der Waals surface area contributed by atoms with E-state index in [2.05, 4.69) is 22.5 Å². The highest BCUT2D eigenvalue weighted by molar-refractivity contribution is 9.09. The van der Waals surface area contributed by atoms with Crippen LogP contribution in [0.3, 0.4) is 0 Å². The Labute approximate surface area is 70.6 Å². The Balaban J connectivity index is 2.42. The van der Waals surface area contributed by atoms with Gasteiger partial charge in [-0.3, -0.25) is 0 Å². The molecule has 1 rings (SSSR count). The lowest BCUT2D eigenvalue weighted by Crippen LogP contribution is -2.22. The lowest BCUT2D eigenvalue weighted by molar-refractivity contribution is 0.0874. The third-order valence-corrected chi connectivity index (χ3v) is 2.58. The van der Waals surface area contributed by atoms with Gasteiger partial charge in [-0.1, -0.05) is 28.1 Å². The first-order valence-corrected chi connectivity index (χ1v) is 4.47. The normalized spacial score (nSPS) is 34.4. The van der Waals surface area contributed by atoms with E-state index in [1.807, 2.05) is 0 Å². The first kappa shape index (κ1) is 8.28. The van der Waals surface area contributed by atoms with Crippen molar-refractivity contribution in [3.8, 4) is 0 Å². The molecule has 0 aromatic rings. The molecule has 2 heteroatoms. The Morgan fingerprint density at radius 2 is 2.30 bits per heavy atom.